The number of nitrogens with zero attached hydrogens (tertiary/aromatic N) is 1. The second-order valence-electron chi connectivity index (χ2n) is 6.51. The first-order valence-electron chi connectivity index (χ1n) is 7.73. The normalized spacial score (nSPS) is 27.2. The van der Waals surface area contributed by atoms with Gasteiger partial charge in [-0.05, 0) is 37.7 Å². The van der Waals surface area contributed by atoms with Gasteiger partial charge in [-0.1, -0.05) is 32.0 Å². The number of nitrogens with two attached hydrogens (primary N) is 1. The maximum atomic E-state index is 13.8. The monoisotopic (exact) mass is 278 g/mol. The van der Waals surface area contributed by atoms with E-state index in [0.717, 1.165) is 19.0 Å². The summed E-state index contributed by atoms with van der Waals surface area (Å²) < 4.78 is 13.8. The Balaban J connectivity index is 2.00. The molecule has 0 spiro atoms. The fourth-order valence-electron chi connectivity index (χ4n) is 3.17. The van der Waals surface area contributed by atoms with Gasteiger partial charge < -0.3 is 10.6 Å². The molecule has 0 bridgehead atoms. The highest BCUT2D eigenvalue weighted by Gasteiger charge is 2.26. The van der Waals surface area contributed by atoms with Crippen LogP contribution in [0.4, 0.5) is 4.39 Å². The maximum Gasteiger partial charge on any atom is 0.127 e. The predicted octanol–water partition coefficient (Wildman–Crippen LogP) is 3.58. The second-order valence-corrected chi connectivity index (χ2v) is 6.51. The number of halogens is 1. The minimum Gasteiger partial charge on any atom is -0.324 e. The quantitative estimate of drug-likeness (QED) is 0.912. The average Bonchev–Trinajstić information content (AvgIpc) is 2.42. The van der Waals surface area contributed by atoms with E-state index in [0.29, 0.717) is 11.6 Å². The molecule has 3 heteroatoms. The molecule has 2 nitrogen and oxygen atoms in total. The van der Waals surface area contributed by atoms with Gasteiger partial charge in [0.05, 0.1) is 0 Å². The lowest BCUT2D eigenvalue weighted by Crippen LogP contribution is -2.44. The molecule has 1 aliphatic heterocycles. The molecule has 0 aliphatic carbocycles. The minimum atomic E-state index is -0.236. The lowest BCUT2D eigenvalue weighted by atomic mass is 9.90. The van der Waals surface area contributed by atoms with Crippen LogP contribution in [0.3, 0.4) is 0 Å². The number of hydrogen-bond donors (Lipinski definition) is 1. The molecule has 4 atom stereocenters. The van der Waals surface area contributed by atoms with Crippen LogP contribution in [-0.2, 0) is 0 Å². The van der Waals surface area contributed by atoms with E-state index >= 15 is 0 Å². The smallest absolute Gasteiger partial charge is 0.127 e. The average molecular weight is 278 g/mol. The Hall–Kier alpha value is -0.930. The molecular formula is C17H27FN2. The van der Waals surface area contributed by atoms with Gasteiger partial charge in [0.1, 0.15) is 5.82 Å². The summed E-state index contributed by atoms with van der Waals surface area (Å²) >= 11 is 0. The van der Waals surface area contributed by atoms with Crippen molar-refractivity contribution in [3.8, 4) is 0 Å². The maximum absolute atomic E-state index is 13.8. The predicted molar refractivity (Wildman–Crippen MR) is 81.9 cm³/mol. The number of rotatable bonds is 4. The Kier molecular flexibility index (Phi) is 5.17. The number of likely N-dealkylation sites (tertiary alicyclic amines) is 1. The van der Waals surface area contributed by atoms with Crippen LogP contribution in [0, 0.1) is 17.7 Å². The molecule has 2 N–H and O–H groups in total. The summed E-state index contributed by atoms with van der Waals surface area (Å²) in [5.74, 6) is 0.814. The van der Waals surface area contributed by atoms with Crippen LogP contribution in [0.25, 0.3) is 0 Å². The van der Waals surface area contributed by atoms with Crippen molar-refractivity contribution in [1.82, 2.24) is 4.90 Å². The zero-order valence-electron chi connectivity index (χ0n) is 12.8. The molecule has 1 fully saturated rings. The van der Waals surface area contributed by atoms with Crippen LogP contribution >= 0.6 is 0 Å². The highest BCUT2D eigenvalue weighted by molar-refractivity contribution is 5.21. The van der Waals surface area contributed by atoms with Gasteiger partial charge in [-0.15, -0.1) is 0 Å². The van der Waals surface area contributed by atoms with Crippen molar-refractivity contribution in [3.05, 3.63) is 35.6 Å². The first-order chi connectivity index (χ1) is 9.49. The molecule has 1 aromatic carbocycles. The Morgan fingerprint density at radius 1 is 1.30 bits per heavy atom. The molecule has 0 saturated carbocycles. The zero-order chi connectivity index (χ0) is 14.7. The molecule has 1 saturated heterocycles. The SMILES string of the molecule is CC1CCC(C)N(CC(C)C(N)c2ccccc2F)C1. The van der Waals surface area contributed by atoms with Crippen LogP contribution in [0.5, 0.6) is 0 Å². The molecule has 1 heterocycles. The first-order valence-corrected chi connectivity index (χ1v) is 7.73. The Bertz CT molecular complexity index is 435. The van der Waals surface area contributed by atoms with Gasteiger partial charge in [0.15, 0.2) is 0 Å². The number of piperidine rings is 1. The molecule has 1 aliphatic rings. The van der Waals surface area contributed by atoms with E-state index in [9.17, 15) is 4.39 Å². The van der Waals surface area contributed by atoms with E-state index in [1.165, 1.54) is 18.9 Å². The third-order valence-electron chi connectivity index (χ3n) is 4.65. The van der Waals surface area contributed by atoms with Gasteiger partial charge in [-0.25, -0.2) is 4.39 Å². The molecule has 2 rings (SSSR count). The molecule has 4 unspecified atom stereocenters. The third kappa shape index (κ3) is 3.58. The molecule has 112 valence electrons. The highest BCUT2D eigenvalue weighted by Crippen LogP contribution is 2.27. The molecular weight excluding hydrogens is 251 g/mol. The summed E-state index contributed by atoms with van der Waals surface area (Å²) in [6.45, 7) is 8.80. The van der Waals surface area contributed by atoms with Crippen LogP contribution in [0.2, 0.25) is 0 Å². The third-order valence-corrected chi connectivity index (χ3v) is 4.65. The molecule has 20 heavy (non-hydrogen) atoms. The van der Waals surface area contributed by atoms with Crippen molar-refractivity contribution in [2.45, 2.75) is 45.7 Å². The van der Waals surface area contributed by atoms with Crippen LogP contribution in [-0.4, -0.2) is 24.0 Å². The van der Waals surface area contributed by atoms with E-state index in [1.807, 2.05) is 6.07 Å². The molecule has 0 amide bonds. The van der Waals surface area contributed by atoms with E-state index in [2.05, 4.69) is 25.7 Å². The van der Waals surface area contributed by atoms with Crippen molar-refractivity contribution in [1.29, 1.82) is 0 Å². The van der Waals surface area contributed by atoms with Crippen molar-refractivity contribution in [2.75, 3.05) is 13.1 Å². The summed E-state index contributed by atoms with van der Waals surface area (Å²) in [4.78, 5) is 2.51. The number of hydrogen-bond acceptors (Lipinski definition) is 2. The fraction of sp³-hybridized carbons (Fsp3) is 0.647. The first kappa shape index (κ1) is 15.5. The topological polar surface area (TPSA) is 29.3 Å². The second kappa shape index (κ2) is 6.68. The fourth-order valence-corrected chi connectivity index (χ4v) is 3.17. The van der Waals surface area contributed by atoms with E-state index in [-0.39, 0.29) is 17.8 Å². The van der Waals surface area contributed by atoms with Crippen LogP contribution < -0.4 is 5.73 Å². The summed E-state index contributed by atoms with van der Waals surface area (Å²) in [7, 11) is 0. The summed E-state index contributed by atoms with van der Waals surface area (Å²) in [6.07, 6.45) is 2.56. The van der Waals surface area contributed by atoms with Crippen molar-refractivity contribution >= 4 is 0 Å². The number of benzene rings is 1. The van der Waals surface area contributed by atoms with Gasteiger partial charge in [0.2, 0.25) is 0 Å². The Morgan fingerprint density at radius 2 is 2.00 bits per heavy atom. The van der Waals surface area contributed by atoms with Gasteiger partial charge >= 0.3 is 0 Å². The van der Waals surface area contributed by atoms with E-state index < -0.39 is 0 Å². The van der Waals surface area contributed by atoms with E-state index in [1.54, 1.807) is 12.1 Å². The minimum absolute atomic E-state index is 0.188. The zero-order valence-corrected chi connectivity index (χ0v) is 12.8. The standard InChI is InChI=1S/C17H27FN2/c1-12-8-9-14(3)20(10-12)11-13(2)17(19)15-6-4-5-7-16(15)18/h4-7,12-14,17H,8-11,19H2,1-3H3. The van der Waals surface area contributed by atoms with Gasteiger partial charge in [-0.3, -0.25) is 0 Å². The lowest BCUT2D eigenvalue weighted by molar-refractivity contribution is 0.102. The van der Waals surface area contributed by atoms with Crippen molar-refractivity contribution < 1.29 is 4.39 Å². The molecule has 0 aromatic heterocycles. The summed E-state index contributed by atoms with van der Waals surface area (Å²) in [6, 6.07) is 7.25. The molecule has 1 aromatic rings. The highest BCUT2D eigenvalue weighted by atomic mass is 19.1. The molecule has 0 radical (unpaired) electrons. The summed E-state index contributed by atoms with van der Waals surface area (Å²) in [5, 5.41) is 0. The summed E-state index contributed by atoms with van der Waals surface area (Å²) in [5.41, 5.74) is 6.91. The Morgan fingerprint density at radius 3 is 2.70 bits per heavy atom. The largest absolute Gasteiger partial charge is 0.324 e. The Labute approximate surface area is 122 Å². The van der Waals surface area contributed by atoms with Gasteiger partial charge in [0, 0.05) is 30.7 Å². The van der Waals surface area contributed by atoms with Gasteiger partial charge in [0.25, 0.3) is 0 Å². The van der Waals surface area contributed by atoms with Crippen molar-refractivity contribution in [2.24, 2.45) is 17.6 Å². The van der Waals surface area contributed by atoms with Crippen LogP contribution in [0.15, 0.2) is 24.3 Å². The van der Waals surface area contributed by atoms with Crippen LogP contribution in [0.1, 0.15) is 45.2 Å². The van der Waals surface area contributed by atoms with E-state index in [4.69, 9.17) is 5.73 Å². The van der Waals surface area contributed by atoms with Gasteiger partial charge in [-0.2, -0.15) is 0 Å². The lowest BCUT2D eigenvalue weighted by Gasteiger charge is -2.39. The van der Waals surface area contributed by atoms with Crippen molar-refractivity contribution in [3.63, 3.8) is 0 Å².